The monoisotopic (exact) mass is 483 g/mol. The van der Waals surface area contributed by atoms with E-state index in [1.54, 1.807) is 7.05 Å². The predicted octanol–water partition coefficient (Wildman–Crippen LogP) is 4.16. The van der Waals surface area contributed by atoms with E-state index in [-0.39, 0.29) is 22.2 Å². The zero-order chi connectivity index (χ0) is 24.9. The molecule has 0 saturated carbocycles. The van der Waals surface area contributed by atoms with Crippen LogP contribution in [0.5, 0.6) is 5.75 Å². The van der Waals surface area contributed by atoms with Crippen molar-refractivity contribution in [2.75, 3.05) is 24.9 Å². The number of benzene rings is 3. The van der Waals surface area contributed by atoms with Crippen LogP contribution in [0.3, 0.4) is 0 Å². The maximum Gasteiger partial charge on any atom is 0.273 e. The summed E-state index contributed by atoms with van der Waals surface area (Å²) in [5, 5.41) is 11.1. The van der Waals surface area contributed by atoms with Crippen molar-refractivity contribution in [1.82, 2.24) is 4.90 Å². The van der Waals surface area contributed by atoms with E-state index in [1.807, 2.05) is 31.2 Å². The van der Waals surface area contributed by atoms with Crippen LogP contribution in [0.2, 0.25) is 0 Å². The Balaban J connectivity index is 1.62. The third-order valence-electron chi connectivity index (χ3n) is 5.10. The van der Waals surface area contributed by atoms with Gasteiger partial charge in [0.15, 0.2) is 0 Å². The first kappa shape index (κ1) is 24.7. The second kappa shape index (κ2) is 10.3. The molecule has 178 valence electrons. The highest BCUT2D eigenvalue weighted by Gasteiger charge is 2.20. The summed E-state index contributed by atoms with van der Waals surface area (Å²) in [4.78, 5) is 24.4. The van der Waals surface area contributed by atoms with Gasteiger partial charge in [0.05, 0.1) is 16.4 Å². The summed E-state index contributed by atoms with van der Waals surface area (Å²) in [5.74, 6) is 0.493. The van der Waals surface area contributed by atoms with E-state index in [9.17, 15) is 23.3 Å². The molecule has 0 radical (unpaired) electrons. The van der Waals surface area contributed by atoms with Gasteiger partial charge in [-0.3, -0.25) is 19.6 Å². The van der Waals surface area contributed by atoms with Crippen LogP contribution in [0.15, 0.2) is 71.6 Å². The van der Waals surface area contributed by atoms with Gasteiger partial charge in [0.25, 0.3) is 21.6 Å². The second-order valence-electron chi connectivity index (χ2n) is 7.78. The standard InChI is InChI=1S/C24H25N3O6S/c1-17-5-4-6-21(15-17)33-14-13-26(3)24(28)19-8-10-20(11-9-19)25-34(31,32)22-12-7-18(2)23(16-22)27(29)30/h4-12,15-16,25H,13-14H2,1-3H3. The normalized spacial score (nSPS) is 11.0. The molecule has 0 bridgehead atoms. The lowest BCUT2D eigenvalue weighted by Gasteiger charge is -2.18. The number of nitro benzene ring substituents is 1. The number of nitrogens with zero attached hydrogens (tertiary/aromatic N) is 2. The van der Waals surface area contributed by atoms with E-state index in [4.69, 9.17) is 4.74 Å². The van der Waals surface area contributed by atoms with Gasteiger partial charge in [0, 0.05) is 29.9 Å². The number of carbonyl (C=O) groups is 1. The number of amides is 1. The van der Waals surface area contributed by atoms with Gasteiger partial charge in [-0.05, 0) is 61.9 Å². The van der Waals surface area contributed by atoms with Crippen LogP contribution in [0.1, 0.15) is 21.5 Å². The molecular weight excluding hydrogens is 458 g/mol. The summed E-state index contributed by atoms with van der Waals surface area (Å²) in [6, 6.07) is 17.3. The van der Waals surface area contributed by atoms with Crippen molar-refractivity contribution in [2.24, 2.45) is 0 Å². The molecule has 0 saturated heterocycles. The highest BCUT2D eigenvalue weighted by Crippen LogP contribution is 2.24. The number of sulfonamides is 1. The average molecular weight is 484 g/mol. The third-order valence-corrected chi connectivity index (χ3v) is 6.48. The van der Waals surface area contributed by atoms with Crippen molar-refractivity contribution in [3.63, 3.8) is 0 Å². The van der Waals surface area contributed by atoms with Crippen LogP contribution in [0, 0.1) is 24.0 Å². The first-order chi connectivity index (χ1) is 16.1. The Hall–Kier alpha value is -3.92. The van der Waals surface area contributed by atoms with Crippen LogP contribution in [-0.4, -0.2) is 44.3 Å². The van der Waals surface area contributed by atoms with E-state index < -0.39 is 14.9 Å². The Labute approximate surface area is 198 Å². The third kappa shape index (κ3) is 6.10. The number of rotatable bonds is 9. The minimum Gasteiger partial charge on any atom is -0.492 e. The van der Waals surface area contributed by atoms with Crippen LogP contribution >= 0.6 is 0 Å². The van der Waals surface area contributed by atoms with Crippen molar-refractivity contribution in [3.8, 4) is 5.75 Å². The van der Waals surface area contributed by atoms with Gasteiger partial charge < -0.3 is 9.64 Å². The molecule has 0 spiro atoms. The minimum absolute atomic E-state index is 0.224. The first-order valence-electron chi connectivity index (χ1n) is 10.4. The molecule has 3 rings (SSSR count). The maximum absolute atomic E-state index is 12.7. The number of anilines is 1. The smallest absolute Gasteiger partial charge is 0.273 e. The molecule has 10 heteroatoms. The van der Waals surface area contributed by atoms with Crippen molar-refractivity contribution in [3.05, 3.63) is 93.5 Å². The molecule has 3 aromatic carbocycles. The van der Waals surface area contributed by atoms with Gasteiger partial charge in [0.2, 0.25) is 0 Å². The van der Waals surface area contributed by atoms with Crippen molar-refractivity contribution < 1.29 is 22.9 Å². The van der Waals surface area contributed by atoms with Crippen LogP contribution in [0.4, 0.5) is 11.4 Å². The Morgan fingerprint density at radius 1 is 1.06 bits per heavy atom. The number of nitrogens with one attached hydrogen (secondary N) is 1. The lowest BCUT2D eigenvalue weighted by molar-refractivity contribution is -0.385. The van der Waals surface area contributed by atoms with Gasteiger partial charge in [-0.15, -0.1) is 0 Å². The molecule has 34 heavy (non-hydrogen) atoms. The summed E-state index contributed by atoms with van der Waals surface area (Å²) in [7, 11) is -2.39. The minimum atomic E-state index is -4.04. The molecule has 1 N–H and O–H groups in total. The van der Waals surface area contributed by atoms with Crippen LogP contribution in [0.25, 0.3) is 0 Å². The van der Waals surface area contributed by atoms with Gasteiger partial charge in [0.1, 0.15) is 12.4 Å². The van der Waals surface area contributed by atoms with Crippen molar-refractivity contribution in [2.45, 2.75) is 18.7 Å². The SMILES string of the molecule is Cc1cccc(OCCN(C)C(=O)c2ccc(NS(=O)(=O)c3ccc(C)c([N+](=O)[O-])c3)cc2)c1. The van der Waals surface area contributed by atoms with E-state index in [2.05, 4.69) is 4.72 Å². The fourth-order valence-corrected chi connectivity index (χ4v) is 4.25. The molecule has 9 nitrogen and oxygen atoms in total. The Morgan fingerprint density at radius 2 is 1.76 bits per heavy atom. The lowest BCUT2D eigenvalue weighted by atomic mass is 10.2. The highest BCUT2D eigenvalue weighted by molar-refractivity contribution is 7.92. The summed E-state index contributed by atoms with van der Waals surface area (Å²) in [6.45, 7) is 4.19. The highest BCUT2D eigenvalue weighted by atomic mass is 32.2. The number of ether oxygens (including phenoxy) is 1. The molecule has 0 aromatic heterocycles. The number of hydrogen-bond acceptors (Lipinski definition) is 6. The van der Waals surface area contributed by atoms with E-state index in [1.165, 1.54) is 48.2 Å². The van der Waals surface area contributed by atoms with Gasteiger partial charge in [-0.2, -0.15) is 0 Å². The fraction of sp³-hybridized carbons (Fsp3) is 0.208. The van der Waals surface area contributed by atoms with Gasteiger partial charge >= 0.3 is 0 Å². The van der Waals surface area contributed by atoms with E-state index in [0.29, 0.717) is 24.3 Å². The number of likely N-dealkylation sites (N-methyl/N-ethyl adjacent to an activating group) is 1. The number of carbonyl (C=O) groups excluding carboxylic acids is 1. The topological polar surface area (TPSA) is 119 Å². The number of hydrogen-bond donors (Lipinski definition) is 1. The molecule has 0 aliphatic rings. The molecule has 0 heterocycles. The largest absolute Gasteiger partial charge is 0.492 e. The fourth-order valence-electron chi connectivity index (χ4n) is 3.18. The Morgan fingerprint density at radius 3 is 2.41 bits per heavy atom. The molecule has 3 aromatic rings. The zero-order valence-corrected chi connectivity index (χ0v) is 19.8. The Kier molecular flexibility index (Phi) is 7.52. The maximum atomic E-state index is 12.7. The summed E-state index contributed by atoms with van der Waals surface area (Å²) < 4.78 is 33.4. The predicted molar refractivity (Wildman–Crippen MR) is 129 cm³/mol. The average Bonchev–Trinajstić information content (AvgIpc) is 2.79. The zero-order valence-electron chi connectivity index (χ0n) is 19.0. The van der Waals surface area contributed by atoms with E-state index >= 15 is 0 Å². The summed E-state index contributed by atoms with van der Waals surface area (Å²) in [6.07, 6.45) is 0. The van der Waals surface area contributed by atoms with E-state index in [0.717, 1.165) is 17.4 Å². The summed E-state index contributed by atoms with van der Waals surface area (Å²) >= 11 is 0. The lowest BCUT2D eigenvalue weighted by Crippen LogP contribution is -2.30. The van der Waals surface area contributed by atoms with Crippen LogP contribution in [-0.2, 0) is 10.0 Å². The molecule has 1 amide bonds. The number of nitro groups is 1. The van der Waals surface area contributed by atoms with Gasteiger partial charge in [-0.1, -0.05) is 18.2 Å². The first-order valence-corrected chi connectivity index (χ1v) is 11.9. The molecule has 0 aliphatic heterocycles. The van der Waals surface area contributed by atoms with Crippen LogP contribution < -0.4 is 9.46 Å². The van der Waals surface area contributed by atoms with Crippen molar-refractivity contribution >= 4 is 27.3 Å². The van der Waals surface area contributed by atoms with Gasteiger partial charge in [-0.25, -0.2) is 8.42 Å². The number of aryl methyl sites for hydroxylation is 2. The van der Waals surface area contributed by atoms with Crippen molar-refractivity contribution in [1.29, 1.82) is 0 Å². The quantitative estimate of drug-likeness (QED) is 0.361. The summed E-state index contributed by atoms with van der Waals surface area (Å²) in [5.41, 5.74) is 1.77. The molecule has 0 unspecified atom stereocenters. The molecule has 0 atom stereocenters. The molecule has 0 aliphatic carbocycles. The Bertz CT molecular complexity index is 1310. The second-order valence-corrected chi connectivity index (χ2v) is 9.46. The molecular formula is C24H25N3O6S. The molecule has 0 fully saturated rings.